The average molecular weight is 277 g/mol. The maximum atomic E-state index is 12.6. The van der Waals surface area contributed by atoms with Crippen LogP contribution >= 0.6 is 0 Å². The van der Waals surface area contributed by atoms with Gasteiger partial charge < -0.3 is 20.6 Å². The van der Waals surface area contributed by atoms with Crippen LogP contribution in [0.4, 0.5) is 0 Å². The van der Waals surface area contributed by atoms with Crippen LogP contribution in [0, 0.1) is 0 Å². The van der Waals surface area contributed by atoms with Crippen molar-refractivity contribution < 1.29 is 14.7 Å². The van der Waals surface area contributed by atoms with E-state index in [1.54, 1.807) is 4.90 Å². The van der Waals surface area contributed by atoms with E-state index in [2.05, 4.69) is 5.16 Å². The standard InChI is InChI=1S/C14H19N3O3/c1-20-12(10-6-3-2-4-7-10)14(18)17-9-5-8-11(17)13(15)16-19/h2-4,6-7,11-12,19H,5,8-9H2,1H3,(H2,15,16). The molecule has 6 heteroatoms. The molecule has 1 aromatic rings. The van der Waals surface area contributed by atoms with Gasteiger partial charge in [-0.1, -0.05) is 35.5 Å². The fourth-order valence-electron chi connectivity index (χ4n) is 2.56. The second kappa shape index (κ2) is 6.38. The lowest BCUT2D eigenvalue weighted by molar-refractivity contribution is -0.142. The zero-order valence-electron chi connectivity index (χ0n) is 11.4. The fourth-order valence-corrected chi connectivity index (χ4v) is 2.56. The summed E-state index contributed by atoms with van der Waals surface area (Å²) in [6.07, 6.45) is 0.869. The topological polar surface area (TPSA) is 88.2 Å². The van der Waals surface area contributed by atoms with Crippen LogP contribution in [0.2, 0.25) is 0 Å². The molecule has 6 nitrogen and oxygen atoms in total. The number of benzene rings is 1. The number of carbonyl (C=O) groups is 1. The second-order valence-electron chi connectivity index (χ2n) is 4.74. The monoisotopic (exact) mass is 277 g/mol. The Morgan fingerprint density at radius 2 is 2.20 bits per heavy atom. The number of methoxy groups -OCH3 is 1. The number of oxime groups is 1. The van der Waals surface area contributed by atoms with E-state index in [-0.39, 0.29) is 17.8 Å². The third kappa shape index (κ3) is 2.75. The van der Waals surface area contributed by atoms with E-state index in [0.717, 1.165) is 12.0 Å². The van der Waals surface area contributed by atoms with Crippen molar-refractivity contribution in [1.29, 1.82) is 0 Å². The molecule has 2 rings (SSSR count). The molecule has 0 aliphatic carbocycles. The van der Waals surface area contributed by atoms with Gasteiger partial charge in [0.1, 0.15) is 0 Å². The Labute approximate surface area is 117 Å². The van der Waals surface area contributed by atoms with E-state index in [4.69, 9.17) is 15.7 Å². The Hall–Kier alpha value is -2.08. The van der Waals surface area contributed by atoms with Crippen molar-refractivity contribution in [2.24, 2.45) is 10.9 Å². The molecule has 1 aliphatic rings. The van der Waals surface area contributed by atoms with E-state index in [0.29, 0.717) is 13.0 Å². The summed E-state index contributed by atoms with van der Waals surface area (Å²) in [6.45, 7) is 0.590. The molecule has 0 bridgehead atoms. The van der Waals surface area contributed by atoms with Gasteiger partial charge in [0.2, 0.25) is 0 Å². The van der Waals surface area contributed by atoms with Gasteiger partial charge in [0.25, 0.3) is 5.91 Å². The fraction of sp³-hybridized carbons (Fsp3) is 0.429. The first-order valence-electron chi connectivity index (χ1n) is 6.54. The van der Waals surface area contributed by atoms with E-state index in [1.165, 1.54) is 7.11 Å². The predicted octanol–water partition coefficient (Wildman–Crippen LogP) is 1.11. The molecule has 0 radical (unpaired) electrons. The molecule has 3 N–H and O–H groups in total. The van der Waals surface area contributed by atoms with Crippen molar-refractivity contribution in [3.63, 3.8) is 0 Å². The highest BCUT2D eigenvalue weighted by atomic mass is 16.5. The predicted molar refractivity (Wildman–Crippen MR) is 74.3 cm³/mol. The Bertz CT molecular complexity index is 490. The van der Waals surface area contributed by atoms with Crippen LogP contribution in [0.5, 0.6) is 0 Å². The summed E-state index contributed by atoms with van der Waals surface area (Å²) in [5.41, 5.74) is 6.45. The second-order valence-corrected chi connectivity index (χ2v) is 4.74. The third-order valence-corrected chi connectivity index (χ3v) is 3.56. The summed E-state index contributed by atoms with van der Waals surface area (Å²) in [5, 5.41) is 11.8. The number of hydrogen-bond donors (Lipinski definition) is 2. The minimum Gasteiger partial charge on any atom is -0.409 e. The zero-order chi connectivity index (χ0) is 14.5. The number of likely N-dealkylation sites (tertiary alicyclic amines) is 1. The molecule has 0 aromatic heterocycles. The van der Waals surface area contributed by atoms with Crippen LogP contribution in [-0.2, 0) is 9.53 Å². The normalized spacial score (nSPS) is 20.9. The van der Waals surface area contributed by atoms with Gasteiger partial charge in [-0.2, -0.15) is 0 Å². The van der Waals surface area contributed by atoms with Gasteiger partial charge in [-0.3, -0.25) is 4.79 Å². The van der Waals surface area contributed by atoms with Crippen molar-refractivity contribution in [2.45, 2.75) is 25.0 Å². The maximum absolute atomic E-state index is 12.6. The highest BCUT2D eigenvalue weighted by Crippen LogP contribution is 2.25. The molecule has 1 fully saturated rings. The number of carbonyl (C=O) groups excluding carboxylic acids is 1. The summed E-state index contributed by atoms with van der Waals surface area (Å²) >= 11 is 0. The van der Waals surface area contributed by atoms with Crippen LogP contribution in [-0.4, -0.2) is 41.5 Å². The molecule has 2 unspecified atom stereocenters. The number of nitrogens with two attached hydrogens (primary N) is 1. The first-order valence-corrected chi connectivity index (χ1v) is 6.54. The van der Waals surface area contributed by atoms with Crippen LogP contribution < -0.4 is 5.73 Å². The number of ether oxygens (including phenoxy) is 1. The minimum atomic E-state index is -0.664. The molecule has 0 saturated carbocycles. The SMILES string of the molecule is COC(C(=O)N1CCCC1C(N)=NO)c1ccccc1. The van der Waals surface area contributed by atoms with E-state index >= 15 is 0 Å². The Kier molecular flexibility index (Phi) is 4.57. The third-order valence-electron chi connectivity index (χ3n) is 3.56. The average Bonchev–Trinajstić information content (AvgIpc) is 2.97. The van der Waals surface area contributed by atoms with Gasteiger partial charge in [0.15, 0.2) is 11.9 Å². The molecule has 1 aromatic carbocycles. The minimum absolute atomic E-state index is 0.0683. The van der Waals surface area contributed by atoms with Crippen molar-refractivity contribution >= 4 is 11.7 Å². The van der Waals surface area contributed by atoms with Crippen LogP contribution in [0.1, 0.15) is 24.5 Å². The number of rotatable bonds is 4. The molecule has 108 valence electrons. The summed E-state index contributed by atoms with van der Waals surface area (Å²) in [7, 11) is 1.50. The van der Waals surface area contributed by atoms with Crippen LogP contribution in [0.15, 0.2) is 35.5 Å². The quantitative estimate of drug-likeness (QED) is 0.373. The van der Waals surface area contributed by atoms with Crippen molar-refractivity contribution in [1.82, 2.24) is 4.90 Å². The molecule has 0 spiro atoms. The lowest BCUT2D eigenvalue weighted by Crippen LogP contribution is -2.46. The largest absolute Gasteiger partial charge is 0.409 e. The van der Waals surface area contributed by atoms with Gasteiger partial charge in [0.05, 0.1) is 6.04 Å². The summed E-state index contributed by atoms with van der Waals surface area (Å²) in [4.78, 5) is 14.2. The zero-order valence-corrected chi connectivity index (χ0v) is 11.4. The van der Waals surface area contributed by atoms with Crippen molar-refractivity contribution in [2.75, 3.05) is 13.7 Å². The highest BCUT2D eigenvalue weighted by molar-refractivity contribution is 5.92. The molecule has 1 heterocycles. The molecule has 1 amide bonds. The Balaban J connectivity index is 2.21. The Morgan fingerprint density at radius 3 is 2.80 bits per heavy atom. The molecule has 20 heavy (non-hydrogen) atoms. The maximum Gasteiger partial charge on any atom is 0.256 e. The molecule has 1 aliphatic heterocycles. The molecule has 1 saturated heterocycles. The van der Waals surface area contributed by atoms with Gasteiger partial charge in [-0.05, 0) is 18.4 Å². The first-order chi connectivity index (χ1) is 9.69. The van der Waals surface area contributed by atoms with E-state index in [1.807, 2.05) is 30.3 Å². The lowest BCUT2D eigenvalue weighted by Gasteiger charge is -2.27. The van der Waals surface area contributed by atoms with Crippen LogP contribution in [0.3, 0.4) is 0 Å². The number of nitrogens with zero attached hydrogens (tertiary/aromatic N) is 2. The summed E-state index contributed by atoms with van der Waals surface area (Å²) < 4.78 is 5.34. The molecular formula is C14H19N3O3. The Morgan fingerprint density at radius 1 is 1.50 bits per heavy atom. The number of amidine groups is 1. The van der Waals surface area contributed by atoms with E-state index in [9.17, 15) is 4.79 Å². The van der Waals surface area contributed by atoms with Crippen molar-refractivity contribution in [3.8, 4) is 0 Å². The number of hydrogen-bond acceptors (Lipinski definition) is 4. The van der Waals surface area contributed by atoms with Gasteiger partial charge in [-0.15, -0.1) is 0 Å². The molecule has 2 atom stereocenters. The van der Waals surface area contributed by atoms with E-state index < -0.39 is 6.10 Å². The first kappa shape index (κ1) is 14.3. The summed E-state index contributed by atoms with van der Waals surface area (Å²) in [6, 6.07) is 8.95. The smallest absolute Gasteiger partial charge is 0.256 e. The lowest BCUT2D eigenvalue weighted by atomic mass is 10.1. The van der Waals surface area contributed by atoms with Crippen LogP contribution in [0.25, 0.3) is 0 Å². The van der Waals surface area contributed by atoms with Crippen molar-refractivity contribution in [3.05, 3.63) is 35.9 Å². The molecular weight excluding hydrogens is 258 g/mol. The summed E-state index contributed by atoms with van der Waals surface area (Å²) in [5.74, 6) is -0.0911. The highest BCUT2D eigenvalue weighted by Gasteiger charge is 2.36. The number of amides is 1. The van der Waals surface area contributed by atoms with Gasteiger partial charge >= 0.3 is 0 Å². The van der Waals surface area contributed by atoms with Gasteiger partial charge in [-0.25, -0.2) is 0 Å². The van der Waals surface area contributed by atoms with Gasteiger partial charge in [0, 0.05) is 13.7 Å².